The summed E-state index contributed by atoms with van der Waals surface area (Å²) < 4.78 is 38.3. The summed E-state index contributed by atoms with van der Waals surface area (Å²) in [5.41, 5.74) is 0.840. The van der Waals surface area contributed by atoms with Crippen LogP contribution in [0.25, 0.3) is 11.5 Å². The van der Waals surface area contributed by atoms with Crippen LogP contribution in [0.1, 0.15) is 37.1 Å². The number of ether oxygens (including phenoxy) is 1. The summed E-state index contributed by atoms with van der Waals surface area (Å²) in [6.45, 7) is 4.21. The average molecular weight is 350 g/mol. The predicted molar refractivity (Wildman–Crippen MR) is 91.1 cm³/mol. The van der Waals surface area contributed by atoms with E-state index >= 15 is 0 Å². The maximum Gasteiger partial charge on any atom is 0.229 e. The van der Waals surface area contributed by atoms with Crippen molar-refractivity contribution in [2.75, 3.05) is 20.3 Å². The summed E-state index contributed by atoms with van der Waals surface area (Å²) in [5.74, 6) is -1.04. The quantitative estimate of drug-likeness (QED) is 0.778. The van der Waals surface area contributed by atoms with E-state index in [1.54, 1.807) is 7.11 Å². The molecular formula is C19H24F2N2O2. The molecule has 25 heavy (non-hydrogen) atoms. The van der Waals surface area contributed by atoms with Gasteiger partial charge in [-0.3, -0.25) is 4.90 Å². The Balaban J connectivity index is 1.79. The molecule has 3 rings (SSSR count). The van der Waals surface area contributed by atoms with Crippen molar-refractivity contribution >= 4 is 0 Å². The van der Waals surface area contributed by atoms with E-state index < -0.39 is 11.6 Å². The maximum atomic E-state index is 14.0. The molecule has 1 fully saturated rings. The molecule has 0 saturated carbocycles. The van der Waals surface area contributed by atoms with E-state index in [1.807, 2.05) is 6.92 Å². The van der Waals surface area contributed by atoms with Crippen LogP contribution in [-0.2, 0) is 11.3 Å². The van der Waals surface area contributed by atoms with Crippen molar-refractivity contribution in [1.82, 2.24) is 9.88 Å². The number of halogens is 2. The van der Waals surface area contributed by atoms with Gasteiger partial charge >= 0.3 is 0 Å². The van der Waals surface area contributed by atoms with Gasteiger partial charge in [-0.25, -0.2) is 13.8 Å². The van der Waals surface area contributed by atoms with Gasteiger partial charge < -0.3 is 9.15 Å². The average Bonchev–Trinajstić information content (AvgIpc) is 2.97. The monoisotopic (exact) mass is 350 g/mol. The number of aromatic nitrogens is 1. The molecule has 4 nitrogen and oxygen atoms in total. The lowest BCUT2D eigenvalue weighted by Gasteiger charge is -2.35. The lowest BCUT2D eigenvalue weighted by atomic mass is 9.99. The molecular weight excluding hydrogens is 326 g/mol. The molecule has 0 N–H and O–H groups in total. The minimum atomic E-state index is -0.925. The minimum Gasteiger partial charge on any atom is -0.441 e. The Morgan fingerprint density at radius 3 is 2.96 bits per heavy atom. The van der Waals surface area contributed by atoms with E-state index in [0.717, 1.165) is 44.2 Å². The highest BCUT2D eigenvalue weighted by atomic mass is 19.2. The molecule has 1 aliphatic rings. The van der Waals surface area contributed by atoms with Crippen molar-refractivity contribution in [3.05, 3.63) is 41.3 Å². The van der Waals surface area contributed by atoms with Crippen LogP contribution in [0.3, 0.4) is 0 Å². The topological polar surface area (TPSA) is 38.5 Å². The lowest BCUT2D eigenvalue weighted by Crippen LogP contribution is -2.39. The number of benzene rings is 1. The van der Waals surface area contributed by atoms with E-state index in [-0.39, 0.29) is 11.5 Å². The summed E-state index contributed by atoms with van der Waals surface area (Å²) in [5, 5.41) is 0. The van der Waals surface area contributed by atoms with Crippen molar-refractivity contribution in [2.24, 2.45) is 0 Å². The van der Waals surface area contributed by atoms with Gasteiger partial charge in [-0.15, -0.1) is 0 Å². The van der Waals surface area contributed by atoms with Crippen LogP contribution in [0.15, 0.2) is 22.6 Å². The molecule has 1 unspecified atom stereocenters. The standard InChI is InChI=1S/C19H24F2N2O2/c1-13-17(12-23-10-4-3-6-14(23)9-11-24-2)22-19(25-13)15-7-5-8-16(20)18(15)21/h5,7-8,14H,3-4,6,9-12H2,1-2H3. The summed E-state index contributed by atoms with van der Waals surface area (Å²) in [6, 6.07) is 4.48. The van der Waals surface area contributed by atoms with Crippen LogP contribution in [0.2, 0.25) is 0 Å². The molecule has 2 heterocycles. The third-order valence-corrected chi connectivity index (χ3v) is 4.83. The number of methoxy groups -OCH3 is 1. The van der Waals surface area contributed by atoms with E-state index in [2.05, 4.69) is 9.88 Å². The summed E-state index contributed by atoms with van der Waals surface area (Å²) in [7, 11) is 1.72. The highest BCUT2D eigenvalue weighted by Crippen LogP contribution is 2.28. The third-order valence-electron chi connectivity index (χ3n) is 4.83. The number of nitrogens with zero attached hydrogens (tertiary/aromatic N) is 2. The van der Waals surface area contributed by atoms with Gasteiger partial charge in [0.2, 0.25) is 5.89 Å². The van der Waals surface area contributed by atoms with Gasteiger partial charge in [0.15, 0.2) is 11.6 Å². The number of likely N-dealkylation sites (tertiary alicyclic amines) is 1. The molecule has 1 atom stereocenters. The largest absolute Gasteiger partial charge is 0.441 e. The molecule has 0 bridgehead atoms. The second-order valence-electron chi connectivity index (χ2n) is 6.52. The zero-order valence-corrected chi connectivity index (χ0v) is 14.7. The fourth-order valence-electron chi connectivity index (χ4n) is 3.40. The first-order valence-electron chi connectivity index (χ1n) is 8.74. The molecule has 0 aliphatic carbocycles. The fourth-order valence-corrected chi connectivity index (χ4v) is 3.40. The number of piperidine rings is 1. The molecule has 6 heteroatoms. The zero-order valence-electron chi connectivity index (χ0n) is 14.7. The summed E-state index contributed by atoms with van der Waals surface area (Å²) in [6.07, 6.45) is 4.51. The number of hydrogen-bond acceptors (Lipinski definition) is 4. The Hall–Kier alpha value is -1.79. The van der Waals surface area contributed by atoms with Crippen LogP contribution < -0.4 is 0 Å². The molecule has 1 saturated heterocycles. The second kappa shape index (κ2) is 8.06. The molecule has 1 aliphatic heterocycles. The predicted octanol–water partition coefficient (Wildman–Crippen LogP) is 4.32. The van der Waals surface area contributed by atoms with Crippen molar-refractivity contribution < 1.29 is 17.9 Å². The van der Waals surface area contributed by atoms with E-state index in [1.165, 1.54) is 18.6 Å². The summed E-state index contributed by atoms with van der Waals surface area (Å²) in [4.78, 5) is 6.83. The Morgan fingerprint density at radius 2 is 2.16 bits per heavy atom. The molecule has 0 spiro atoms. The van der Waals surface area contributed by atoms with Gasteiger partial charge in [-0.05, 0) is 44.9 Å². The number of oxazole rings is 1. The highest BCUT2D eigenvalue weighted by Gasteiger charge is 2.25. The van der Waals surface area contributed by atoms with Gasteiger partial charge in [0.1, 0.15) is 5.76 Å². The first-order chi connectivity index (χ1) is 12.1. The normalized spacial score (nSPS) is 18.6. The van der Waals surface area contributed by atoms with Gasteiger partial charge in [0.05, 0.1) is 11.3 Å². The first kappa shape index (κ1) is 18.0. The highest BCUT2D eigenvalue weighted by molar-refractivity contribution is 5.54. The van der Waals surface area contributed by atoms with E-state index in [9.17, 15) is 8.78 Å². The molecule has 0 radical (unpaired) electrons. The molecule has 2 aromatic rings. The van der Waals surface area contributed by atoms with Crippen molar-refractivity contribution in [2.45, 2.75) is 45.2 Å². The summed E-state index contributed by atoms with van der Waals surface area (Å²) >= 11 is 0. The van der Waals surface area contributed by atoms with E-state index in [4.69, 9.17) is 9.15 Å². The number of rotatable bonds is 6. The SMILES string of the molecule is COCCC1CCCCN1Cc1nc(-c2cccc(F)c2F)oc1C. The molecule has 0 amide bonds. The fraction of sp³-hybridized carbons (Fsp3) is 0.526. The first-order valence-corrected chi connectivity index (χ1v) is 8.74. The lowest BCUT2D eigenvalue weighted by molar-refractivity contribution is 0.0961. The zero-order chi connectivity index (χ0) is 17.8. The Labute approximate surface area is 146 Å². The minimum absolute atomic E-state index is 0.0592. The van der Waals surface area contributed by atoms with Gasteiger partial charge in [-0.1, -0.05) is 12.5 Å². The second-order valence-corrected chi connectivity index (χ2v) is 6.52. The van der Waals surface area contributed by atoms with Crippen LogP contribution in [-0.4, -0.2) is 36.2 Å². The molecule has 1 aromatic carbocycles. The number of hydrogen-bond donors (Lipinski definition) is 0. The van der Waals surface area contributed by atoms with Crippen LogP contribution in [0.4, 0.5) is 8.78 Å². The third kappa shape index (κ3) is 4.07. The van der Waals surface area contributed by atoms with Crippen molar-refractivity contribution in [3.63, 3.8) is 0 Å². The van der Waals surface area contributed by atoms with Crippen LogP contribution >= 0.6 is 0 Å². The molecule has 1 aromatic heterocycles. The Kier molecular flexibility index (Phi) is 5.81. The van der Waals surface area contributed by atoms with Crippen LogP contribution in [0.5, 0.6) is 0 Å². The Bertz CT molecular complexity index is 717. The van der Waals surface area contributed by atoms with Gasteiger partial charge in [-0.2, -0.15) is 0 Å². The van der Waals surface area contributed by atoms with Crippen LogP contribution in [0, 0.1) is 18.6 Å². The van der Waals surface area contributed by atoms with E-state index in [0.29, 0.717) is 18.3 Å². The number of aryl methyl sites for hydroxylation is 1. The van der Waals surface area contributed by atoms with Gasteiger partial charge in [0.25, 0.3) is 0 Å². The van der Waals surface area contributed by atoms with Gasteiger partial charge in [0, 0.05) is 26.3 Å². The molecule has 136 valence electrons. The smallest absolute Gasteiger partial charge is 0.229 e. The maximum absolute atomic E-state index is 14.0. The van der Waals surface area contributed by atoms with Crippen molar-refractivity contribution in [1.29, 1.82) is 0 Å². The van der Waals surface area contributed by atoms with Crippen molar-refractivity contribution in [3.8, 4) is 11.5 Å². The Morgan fingerprint density at radius 1 is 1.32 bits per heavy atom.